The van der Waals surface area contributed by atoms with E-state index in [4.69, 9.17) is 17.3 Å². The minimum Gasteiger partial charge on any atom is -0.395 e. The van der Waals surface area contributed by atoms with Crippen LogP contribution in [0.2, 0.25) is 5.15 Å². The number of aromatic amines is 1. The lowest BCUT2D eigenvalue weighted by atomic mass is 10.1. The second kappa shape index (κ2) is 3.67. The molecule has 0 saturated carbocycles. The third-order valence-electron chi connectivity index (χ3n) is 1.94. The van der Waals surface area contributed by atoms with E-state index < -0.39 is 0 Å². The summed E-state index contributed by atoms with van der Waals surface area (Å²) in [7, 11) is 0. The number of aromatic nitrogens is 3. The molecule has 3 N–H and O–H groups in total. The van der Waals surface area contributed by atoms with E-state index in [1.807, 2.05) is 12.1 Å². The van der Waals surface area contributed by atoms with Gasteiger partial charge in [-0.2, -0.15) is 5.10 Å². The zero-order valence-electron chi connectivity index (χ0n) is 7.37. The van der Waals surface area contributed by atoms with Gasteiger partial charge < -0.3 is 5.73 Å². The highest BCUT2D eigenvalue weighted by Gasteiger charge is 2.07. The van der Waals surface area contributed by atoms with Crippen LogP contribution in [0.15, 0.2) is 24.5 Å². The number of anilines is 1. The standard InChI is InChI=1S/C9H9ClN4/c10-9-8(11)7(13-14-9)4-6-2-1-3-12-5-6/h1-3,5H,4,11H2,(H,13,14). The molecule has 0 bridgehead atoms. The van der Waals surface area contributed by atoms with Crippen LogP contribution < -0.4 is 5.73 Å². The van der Waals surface area contributed by atoms with Crippen molar-refractivity contribution >= 4 is 17.3 Å². The molecular weight excluding hydrogens is 200 g/mol. The summed E-state index contributed by atoms with van der Waals surface area (Å²) in [5, 5.41) is 6.92. The molecule has 2 heterocycles. The van der Waals surface area contributed by atoms with Crippen LogP contribution in [0.1, 0.15) is 11.3 Å². The number of nitrogen functional groups attached to an aromatic ring is 1. The number of hydrogen-bond donors (Lipinski definition) is 2. The fourth-order valence-electron chi connectivity index (χ4n) is 1.20. The smallest absolute Gasteiger partial charge is 0.174 e. The summed E-state index contributed by atoms with van der Waals surface area (Å²) in [6.45, 7) is 0. The Labute approximate surface area is 86.1 Å². The minimum atomic E-state index is 0.323. The Morgan fingerprint density at radius 1 is 1.50 bits per heavy atom. The summed E-state index contributed by atoms with van der Waals surface area (Å²) in [6.07, 6.45) is 4.18. The predicted molar refractivity (Wildman–Crippen MR) is 55.1 cm³/mol. The van der Waals surface area contributed by atoms with Crippen molar-refractivity contribution in [1.82, 2.24) is 15.2 Å². The molecule has 0 aliphatic heterocycles. The van der Waals surface area contributed by atoms with Gasteiger partial charge in [-0.3, -0.25) is 10.1 Å². The normalized spacial score (nSPS) is 10.4. The lowest BCUT2D eigenvalue weighted by Crippen LogP contribution is -1.94. The maximum Gasteiger partial charge on any atom is 0.174 e. The van der Waals surface area contributed by atoms with E-state index in [9.17, 15) is 0 Å². The molecule has 4 nitrogen and oxygen atoms in total. The molecule has 0 fully saturated rings. The average Bonchev–Trinajstić information content (AvgIpc) is 2.52. The zero-order chi connectivity index (χ0) is 9.97. The van der Waals surface area contributed by atoms with Gasteiger partial charge in [0, 0.05) is 18.8 Å². The van der Waals surface area contributed by atoms with Gasteiger partial charge in [0.2, 0.25) is 0 Å². The van der Waals surface area contributed by atoms with E-state index in [1.54, 1.807) is 12.4 Å². The van der Waals surface area contributed by atoms with E-state index in [1.165, 1.54) is 0 Å². The lowest BCUT2D eigenvalue weighted by molar-refractivity contribution is 0.992. The highest BCUT2D eigenvalue weighted by molar-refractivity contribution is 6.31. The van der Waals surface area contributed by atoms with Gasteiger partial charge >= 0.3 is 0 Å². The molecule has 0 aromatic carbocycles. The summed E-state index contributed by atoms with van der Waals surface area (Å²) in [5.41, 5.74) is 8.11. The van der Waals surface area contributed by atoms with Crippen LogP contribution in [0, 0.1) is 0 Å². The molecule has 0 radical (unpaired) electrons. The molecule has 0 atom stereocenters. The van der Waals surface area contributed by atoms with Crippen LogP contribution in [-0.2, 0) is 6.42 Å². The van der Waals surface area contributed by atoms with Crippen molar-refractivity contribution in [1.29, 1.82) is 0 Å². The van der Waals surface area contributed by atoms with Crippen molar-refractivity contribution in [3.8, 4) is 0 Å². The summed E-state index contributed by atoms with van der Waals surface area (Å²) in [5.74, 6) is 0. The van der Waals surface area contributed by atoms with Crippen LogP contribution in [0.25, 0.3) is 0 Å². The second-order valence-electron chi connectivity index (χ2n) is 2.94. The quantitative estimate of drug-likeness (QED) is 0.788. The first-order valence-electron chi connectivity index (χ1n) is 4.14. The zero-order valence-corrected chi connectivity index (χ0v) is 8.12. The van der Waals surface area contributed by atoms with Gasteiger partial charge in [0.25, 0.3) is 0 Å². The molecule has 0 aliphatic carbocycles. The fraction of sp³-hybridized carbons (Fsp3) is 0.111. The number of rotatable bonds is 2. The highest BCUT2D eigenvalue weighted by Crippen LogP contribution is 2.20. The van der Waals surface area contributed by atoms with Crippen molar-refractivity contribution < 1.29 is 0 Å². The van der Waals surface area contributed by atoms with Crippen LogP contribution in [-0.4, -0.2) is 15.2 Å². The first-order valence-corrected chi connectivity index (χ1v) is 4.52. The van der Waals surface area contributed by atoms with Gasteiger partial charge in [0.1, 0.15) is 0 Å². The van der Waals surface area contributed by atoms with E-state index >= 15 is 0 Å². The molecule has 0 amide bonds. The van der Waals surface area contributed by atoms with Gasteiger partial charge in [-0.1, -0.05) is 17.7 Å². The van der Waals surface area contributed by atoms with Gasteiger partial charge in [-0.15, -0.1) is 0 Å². The van der Waals surface area contributed by atoms with Crippen LogP contribution in [0.5, 0.6) is 0 Å². The van der Waals surface area contributed by atoms with Gasteiger partial charge in [-0.25, -0.2) is 0 Å². The van der Waals surface area contributed by atoms with Crippen molar-refractivity contribution in [2.75, 3.05) is 5.73 Å². The monoisotopic (exact) mass is 208 g/mol. The number of nitrogens with two attached hydrogens (primary N) is 1. The number of nitrogens with zero attached hydrogens (tertiary/aromatic N) is 2. The Bertz CT molecular complexity index is 424. The molecule has 0 unspecified atom stereocenters. The number of pyridine rings is 1. The van der Waals surface area contributed by atoms with Crippen LogP contribution in [0.4, 0.5) is 5.69 Å². The highest BCUT2D eigenvalue weighted by atomic mass is 35.5. The molecule has 14 heavy (non-hydrogen) atoms. The Hall–Kier alpha value is -1.55. The van der Waals surface area contributed by atoms with Crippen molar-refractivity contribution in [3.63, 3.8) is 0 Å². The Kier molecular flexibility index (Phi) is 2.37. The molecule has 2 rings (SSSR count). The third-order valence-corrected chi connectivity index (χ3v) is 2.23. The van der Waals surface area contributed by atoms with E-state index in [2.05, 4.69) is 15.2 Å². The fourth-order valence-corrected chi connectivity index (χ4v) is 1.36. The first kappa shape index (κ1) is 9.02. The number of halogens is 1. The Morgan fingerprint density at radius 3 is 2.93 bits per heavy atom. The molecule has 0 saturated heterocycles. The largest absolute Gasteiger partial charge is 0.395 e. The third kappa shape index (κ3) is 1.70. The van der Waals surface area contributed by atoms with Gasteiger partial charge in [0.05, 0.1) is 11.4 Å². The molecule has 0 spiro atoms. The summed E-state index contributed by atoms with van der Waals surface area (Å²) in [4.78, 5) is 4.01. The number of hydrogen-bond acceptors (Lipinski definition) is 3. The van der Waals surface area contributed by atoms with E-state index in [0.29, 0.717) is 17.3 Å². The number of H-pyrrole nitrogens is 1. The maximum atomic E-state index is 5.71. The lowest BCUT2D eigenvalue weighted by Gasteiger charge is -1.98. The topological polar surface area (TPSA) is 67.6 Å². The minimum absolute atomic E-state index is 0.323. The molecule has 2 aromatic heterocycles. The van der Waals surface area contributed by atoms with Crippen LogP contribution in [0.3, 0.4) is 0 Å². The maximum absolute atomic E-state index is 5.71. The molecule has 2 aromatic rings. The summed E-state index contributed by atoms with van der Waals surface area (Å²) < 4.78 is 0. The second-order valence-corrected chi connectivity index (χ2v) is 3.30. The van der Waals surface area contributed by atoms with Crippen molar-refractivity contribution in [2.24, 2.45) is 0 Å². The number of nitrogens with one attached hydrogen (secondary N) is 1. The van der Waals surface area contributed by atoms with Gasteiger partial charge in [-0.05, 0) is 11.6 Å². The molecule has 5 heteroatoms. The van der Waals surface area contributed by atoms with E-state index in [-0.39, 0.29) is 0 Å². The first-order chi connectivity index (χ1) is 6.77. The SMILES string of the molecule is Nc1c(Cl)n[nH]c1Cc1cccnc1. The van der Waals surface area contributed by atoms with Crippen molar-refractivity contribution in [3.05, 3.63) is 40.9 Å². The molecule has 0 aliphatic rings. The van der Waals surface area contributed by atoms with Crippen molar-refractivity contribution in [2.45, 2.75) is 6.42 Å². The van der Waals surface area contributed by atoms with Crippen LogP contribution >= 0.6 is 11.6 Å². The summed E-state index contributed by atoms with van der Waals surface area (Å²) >= 11 is 5.71. The summed E-state index contributed by atoms with van der Waals surface area (Å²) in [6, 6.07) is 3.85. The average molecular weight is 209 g/mol. The Balaban J connectivity index is 2.23. The van der Waals surface area contributed by atoms with Gasteiger partial charge in [0.15, 0.2) is 5.15 Å². The predicted octanol–water partition coefficient (Wildman–Crippen LogP) is 1.63. The molecule has 72 valence electrons. The Morgan fingerprint density at radius 2 is 2.36 bits per heavy atom. The van der Waals surface area contributed by atoms with E-state index in [0.717, 1.165) is 11.3 Å². The molecular formula is C9H9ClN4.